The van der Waals surface area contributed by atoms with Crippen molar-refractivity contribution in [1.29, 1.82) is 0 Å². The van der Waals surface area contributed by atoms with E-state index in [2.05, 4.69) is 10.1 Å². The molecule has 144 valence electrons. The average molecular weight is 372 g/mol. The number of ether oxygens (including phenoxy) is 1. The average Bonchev–Trinajstić information content (AvgIpc) is 3.10. The fourth-order valence-electron chi connectivity index (χ4n) is 3.23. The van der Waals surface area contributed by atoms with E-state index in [0.29, 0.717) is 31.3 Å². The second kappa shape index (κ2) is 8.30. The third kappa shape index (κ3) is 4.51. The van der Waals surface area contributed by atoms with Crippen LogP contribution in [0.2, 0.25) is 0 Å². The molecule has 1 atom stereocenters. The van der Waals surface area contributed by atoms with Crippen LogP contribution in [0.3, 0.4) is 0 Å². The minimum absolute atomic E-state index is 0.0570. The molecule has 0 aliphatic carbocycles. The molecule has 1 fully saturated rings. The first-order valence-corrected chi connectivity index (χ1v) is 8.93. The van der Waals surface area contributed by atoms with Crippen molar-refractivity contribution >= 4 is 11.8 Å². The van der Waals surface area contributed by atoms with E-state index in [4.69, 9.17) is 9.26 Å². The third-order valence-corrected chi connectivity index (χ3v) is 4.61. The van der Waals surface area contributed by atoms with Gasteiger partial charge in [0.2, 0.25) is 11.8 Å². The number of benzene rings is 1. The monoisotopic (exact) mass is 372 g/mol. The number of hydrogen-bond acceptors (Lipinski definition) is 6. The quantitative estimate of drug-likeness (QED) is 0.786. The third-order valence-electron chi connectivity index (χ3n) is 4.61. The number of piperazine rings is 1. The van der Waals surface area contributed by atoms with Crippen molar-refractivity contribution < 1.29 is 18.8 Å². The highest BCUT2D eigenvalue weighted by atomic mass is 16.5. The number of aryl methyl sites for hydroxylation is 1. The maximum atomic E-state index is 12.6. The predicted octanol–water partition coefficient (Wildman–Crippen LogP) is 1.29. The van der Waals surface area contributed by atoms with Gasteiger partial charge in [-0.25, -0.2) is 0 Å². The first-order chi connectivity index (χ1) is 13.0. The molecule has 1 aromatic heterocycles. The van der Waals surface area contributed by atoms with Crippen LogP contribution in [0.1, 0.15) is 18.3 Å². The van der Waals surface area contributed by atoms with Gasteiger partial charge in [0.05, 0.1) is 6.42 Å². The highest BCUT2D eigenvalue weighted by Gasteiger charge is 2.30. The summed E-state index contributed by atoms with van der Waals surface area (Å²) in [5.74, 6) is 0.641. The Balaban J connectivity index is 1.59. The number of rotatable bonds is 5. The highest BCUT2D eigenvalue weighted by molar-refractivity contribution is 5.80. The standard InChI is InChI=1S/C19H24N4O4/c1-13-5-4-6-15(9-13)19-20-16(21-27-19)10-17(24)22-7-8-23(14(2)11-22)18(25)12-26-3/h4-6,9,14H,7-8,10-12H2,1-3H3. The lowest BCUT2D eigenvalue weighted by atomic mass is 10.1. The van der Waals surface area contributed by atoms with E-state index in [1.807, 2.05) is 38.1 Å². The first kappa shape index (κ1) is 19.0. The van der Waals surface area contributed by atoms with Crippen LogP contribution in [0.25, 0.3) is 11.5 Å². The van der Waals surface area contributed by atoms with Crippen molar-refractivity contribution in [1.82, 2.24) is 19.9 Å². The maximum absolute atomic E-state index is 12.6. The summed E-state index contributed by atoms with van der Waals surface area (Å²) in [4.78, 5) is 32.4. The summed E-state index contributed by atoms with van der Waals surface area (Å²) >= 11 is 0. The Morgan fingerprint density at radius 3 is 2.81 bits per heavy atom. The summed E-state index contributed by atoms with van der Waals surface area (Å²) in [6.07, 6.45) is 0.0774. The van der Waals surface area contributed by atoms with E-state index in [-0.39, 0.29) is 30.9 Å². The molecule has 1 unspecified atom stereocenters. The van der Waals surface area contributed by atoms with E-state index in [1.165, 1.54) is 7.11 Å². The van der Waals surface area contributed by atoms with Crippen molar-refractivity contribution in [2.24, 2.45) is 0 Å². The Bertz CT molecular complexity index is 820. The number of carbonyl (C=O) groups excluding carboxylic acids is 2. The fourth-order valence-corrected chi connectivity index (χ4v) is 3.23. The van der Waals surface area contributed by atoms with E-state index in [9.17, 15) is 9.59 Å². The van der Waals surface area contributed by atoms with Crippen LogP contribution >= 0.6 is 0 Å². The predicted molar refractivity (Wildman–Crippen MR) is 97.8 cm³/mol. The Hall–Kier alpha value is -2.74. The van der Waals surface area contributed by atoms with Crippen molar-refractivity contribution in [3.63, 3.8) is 0 Å². The summed E-state index contributed by atoms with van der Waals surface area (Å²) in [5.41, 5.74) is 1.93. The number of methoxy groups -OCH3 is 1. The van der Waals surface area contributed by atoms with Gasteiger partial charge in [-0.15, -0.1) is 0 Å². The molecular weight excluding hydrogens is 348 g/mol. The van der Waals surface area contributed by atoms with E-state index >= 15 is 0 Å². The molecule has 8 nitrogen and oxygen atoms in total. The molecule has 1 aliphatic heterocycles. The smallest absolute Gasteiger partial charge is 0.257 e. The zero-order chi connectivity index (χ0) is 19.4. The lowest BCUT2D eigenvalue weighted by Gasteiger charge is -2.39. The lowest BCUT2D eigenvalue weighted by molar-refractivity contribution is -0.144. The van der Waals surface area contributed by atoms with E-state index in [1.54, 1.807) is 9.80 Å². The maximum Gasteiger partial charge on any atom is 0.257 e. The number of aromatic nitrogens is 2. The SMILES string of the molecule is COCC(=O)N1CCN(C(=O)Cc2noc(-c3cccc(C)c3)n2)CC1C. The molecule has 0 radical (unpaired) electrons. The molecule has 2 amide bonds. The number of carbonyl (C=O) groups is 2. The zero-order valence-corrected chi connectivity index (χ0v) is 15.8. The van der Waals surface area contributed by atoms with Gasteiger partial charge in [-0.3, -0.25) is 9.59 Å². The number of amides is 2. The molecule has 2 heterocycles. The second-order valence-corrected chi connectivity index (χ2v) is 6.77. The van der Waals surface area contributed by atoms with Gasteiger partial charge >= 0.3 is 0 Å². The molecule has 27 heavy (non-hydrogen) atoms. The minimum atomic E-state index is -0.0720. The molecule has 0 bridgehead atoms. The summed E-state index contributed by atoms with van der Waals surface area (Å²) in [6, 6.07) is 7.70. The Morgan fingerprint density at radius 1 is 1.30 bits per heavy atom. The van der Waals surface area contributed by atoms with Crippen LogP contribution in [0.4, 0.5) is 0 Å². The molecular formula is C19H24N4O4. The summed E-state index contributed by atoms with van der Waals surface area (Å²) in [6.45, 7) is 5.44. The molecule has 0 saturated carbocycles. The molecule has 1 saturated heterocycles. The van der Waals surface area contributed by atoms with Gasteiger partial charge in [-0.1, -0.05) is 22.9 Å². The number of nitrogens with zero attached hydrogens (tertiary/aromatic N) is 4. The Kier molecular flexibility index (Phi) is 5.85. The molecule has 1 aromatic carbocycles. The molecule has 3 rings (SSSR count). The molecule has 0 N–H and O–H groups in total. The van der Waals surface area contributed by atoms with Crippen LogP contribution in [0, 0.1) is 6.92 Å². The van der Waals surface area contributed by atoms with Gasteiger partial charge in [0.15, 0.2) is 5.82 Å². The van der Waals surface area contributed by atoms with Crippen molar-refractivity contribution in [2.45, 2.75) is 26.3 Å². The largest absolute Gasteiger partial charge is 0.375 e. The van der Waals surface area contributed by atoms with Crippen LogP contribution in [0.15, 0.2) is 28.8 Å². The lowest BCUT2D eigenvalue weighted by Crippen LogP contribution is -2.56. The van der Waals surface area contributed by atoms with Gasteiger partial charge in [0, 0.05) is 38.3 Å². The van der Waals surface area contributed by atoms with Crippen LogP contribution < -0.4 is 0 Å². The molecule has 1 aliphatic rings. The summed E-state index contributed by atoms with van der Waals surface area (Å²) in [5, 5.41) is 3.93. The Labute approximate surface area is 158 Å². The van der Waals surface area contributed by atoms with Crippen LogP contribution in [0.5, 0.6) is 0 Å². The topological polar surface area (TPSA) is 88.8 Å². The van der Waals surface area contributed by atoms with Gasteiger partial charge in [-0.05, 0) is 26.0 Å². The second-order valence-electron chi connectivity index (χ2n) is 6.77. The number of hydrogen-bond donors (Lipinski definition) is 0. The van der Waals surface area contributed by atoms with Gasteiger partial charge in [0.25, 0.3) is 5.89 Å². The molecule has 8 heteroatoms. The van der Waals surface area contributed by atoms with Gasteiger partial charge in [-0.2, -0.15) is 4.98 Å². The molecule has 2 aromatic rings. The minimum Gasteiger partial charge on any atom is -0.375 e. The zero-order valence-electron chi connectivity index (χ0n) is 15.8. The van der Waals surface area contributed by atoms with E-state index in [0.717, 1.165) is 11.1 Å². The van der Waals surface area contributed by atoms with E-state index < -0.39 is 0 Å². The fraction of sp³-hybridized carbons (Fsp3) is 0.474. The van der Waals surface area contributed by atoms with Crippen molar-refractivity contribution in [2.75, 3.05) is 33.4 Å². The van der Waals surface area contributed by atoms with Crippen LogP contribution in [-0.4, -0.2) is 71.1 Å². The first-order valence-electron chi connectivity index (χ1n) is 8.93. The Morgan fingerprint density at radius 2 is 2.11 bits per heavy atom. The molecule has 0 spiro atoms. The van der Waals surface area contributed by atoms with Gasteiger partial charge in [0.1, 0.15) is 6.61 Å². The van der Waals surface area contributed by atoms with Gasteiger partial charge < -0.3 is 19.1 Å². The summed E-state index contributed by atoms with van der Waals surface area (Å²) < 4.78 is 10.2. The van der Waals surface area contributed by atoms with Crippen molar-refractivity contribution in [3.05, 3.63) is 35.7 Å². The summed E-state index contributed by atoms with van der Waals surface area (Å²) in [7, 11) is 1.50. The normalized spacial score (nSPS) is 17.2. The highest BCUT2D eigenvalue weighted by Crippen LogP contribution is 2.19. The van der Waals surface area contributed by atoms with Crippen molar-refractivity contribution in [3.8, 4) is 11.5 Å². The van der Waals surface area contributed by atoms with Crippen LogP contribution in [-0.2, 0) is 20.7 Å².